The van der Waals surface area contributed by atoms with E-state index in [2.05, 4.69) is 17.2 Å². The Morgan fingerprint density at radius 2 is 2.14 bits per heavy atom. The Morgan fingerprint density at radius 3 is 2.82 bits per heavy atom. The molecule has 0 radical (unpaired) electrons. The summed E-state index contributed by atoms with van der Waals surface area (Å²) in [6.45, 7) is 7.69. The van der Waals surface area contributed by atoms with Crippen molar-refractivity contribution >= 4 is 6.03 Å². The number of nitrogens with one attached hydrogen (secondary N) is 2. The molecule has 7 heteroatoms. The minimum absolute atomic E-state index is 0.0834. The first-order valence-corrected chi connectivity index (χ1v) is 9.50. The molecule has 0 saturated carbocycles. The van der Waals surface area contributed by atoms with Gasteiger partial charge in [0.2, 0.25) is 0 Å². The van der Waals surface area contributed by atoms with Gasteiger partial charge in [0.1, 0.15) is 5.83 Å². The van der Waals surface area contributed by atoms with Crippen molar-refractivity contribution < 1.29 is 13.6 Å². The van der Waals surface area contributed by atoms with Crippen molar-refractivity contribution in [2.45, 2.75) is 25.8 Å². The summed E-state index contributed by atoms with van der Waals surface area (Å²) in [5.74, 6) is -0.690. The molecule has 0 unspecified atom stereocenters. The van der Waals surface area contributed by atoms with Gasteiger partial charge in [-0.05, 0) is 56.7 Å². The Labute approximate surface area is 164 Å². The quantitative estimate of drug-likeness (QED) is 0.773. The lowest BCUT2D eigenvalue weighted by Gasteiger charge is -2.39. The Hall–Kier alpha value is -2.67. The van der Waals surface area contributed by atoms with Crippen molar-refractivity contribution in [3.63, 3.8) is 0 Å². The zero-order valence-corrected chi connectivity index (χ0v) is 16.0. The largest absolute Gasteiger partial charge is 0.338 e. The third-order valence-corrected chi connectivity index (χ3v) is 4.92. The standard InChI is InChI=1S/C21H26F2N4O/c1-3-19-20(13-15(2)22)26(18-6-4-5-16(23)7-8-18)11-12-27(19)21(28)25-17-9-10-24-14-17/h3,5-8,13,17,24H,1,4,9-12,14H2,2H3,(H,25,28)/b15-13+/t17-/m1/s1. The van der Waals surface area contributed by atoms with Crippen molar-refractivity contribution in [2.75, 3.05) is 26.2 Å². The number of urea groups is 1. The Bertz CT molecular complexity index is 784. The molecule has 28 heavy (non-hydrogen) atoms. The minimum Gasteiger partial charge on any atom is -0.338 e. The molecule has 2 heterocycles. The molecule has 0 aromatic rings. The highest BCUT2D eigenvalue weighted by Crippen LogP contribution is 2.29. The number of allylic oxidation sites excluding steroid dienone is 8. The second-order valence-corrected chi connectivity index (χ2v) is 6.94. The monoisotopic (exact) mass is 388 g/mol. The van der Waals surface area contributed by atoms with Gasteiger partial charge in [0.15, 0.2) is 0 Å². The molecular weight excluding hydrogens is 362 g/mol. The first-order valence-electron chi connectivity index (χ1n) is 9.50. The smallest absolute Gasteiger partial charge is 0.322 e. The molecule has 5 nitrogen and oxygen atoms in total. The van der Waals surface area contributed by atoms with Crippen LogP contribution >= 0.6 is 0 Å². The molecule has 2 amide bonds. The fraction of sp³-hybridized carbons (Fsp3) is 0.381. The minimum atomic E-state index is -0.385. The van der Waals surface area contributed by atoms with Crippen LogP contribution in [0.3, 0.4) is 0 Å². The molecule has 0 spiro atoms. The van der Waals surface area contributed by atoms with E-state index in [1.54, 1.807) is 17.1 Å². The summed E-state index contributed by atoms with van der Waals surface area (Å²) in [6, 6.07) is -0.135. The molecule has 0 aromatic carbocycles. The van der Waals surface area contributed by atoms with Crippen LogP contribution in [0.4, 0.5) is 13.6 Å². The molecule has 2 aliphatic heterocycles. The normalized spacial score (nSPS) is 23.4. The lowest BCUT2D eigenvalue weighted by molar-refractivity contribution is 0.197. The van der Waals surface area contributed by atoms with Gasteiger partial charge in [-0.1, -0.05) is 12.7 Å². The highest BCUT2D eigenvalue weighted by Gasteiger charge is 2.30. The Balaban J connectivity index is 1.92. The third-order valence-electron chi connectivity index (χ3n) is 4.92. The highest BCUT2D eigenvalue weighted by molar-refractivity contribution is 5.78. The number of amides is 2. The topological polar surface area (TPSA) is 47.6 Å². The molecule has 3 rings (SSSR count). The van der Waals surface area contributed by atoms with Gasteiger partial charge in [-0.15, -0.1) is 0 Å². The summed E-state index contributed by atoms with van der Waals surface area (Å²) in [6.07, 6.45) is 10.7. The molecule has 0 aromatic heterocycles. The average Bonchev–Trinajstić information content (AvgIpc) is 3.07. The fourth-order valence-corrected chi connectivity index (χ4v) is 3.58. The van der Waals surface area contributed by atoms with Gasteiger partial charge < -0.3 is 15.5 Å². The van der Waals surface area contributed by atoms with Crippen LogP contribution in [-0.2, 0) is 0 Å². The van der Waals surface area contributed by atoms with Gasteiger partial charge in [0.05, 0.1) is 17.2 Å². The van der Waals surface area contributed by atoms with Crippen molar-refractivity contribution in [3.05, 3.63) is 71.8 Å². The molecule has 2 N–H and O–H groups in total. The summed E-state index contributed by atoms with van der Waals surface area (Å²) in [5.41, 5.74) is 1.81. The van der Waals surface area contributed by atoms with E-state index < -0.39 is 0 Å². The van der Waals surface area contributed by atoms with Crippen molar-refractivity contribution in [1.29, 1.82) is 0 Å². The Morgan fingerprint density at radius 1 is 1.32 bits per heavy atom. The van der Waals surface area contributed by atoms with Crippen molar-refractivity contribution in [1.82, 2.24) is 20.4 Å². The first-order chi connectivity index (χ1) is 13.5. The maximum Gasteiger partial charge on any atom is 0.322 e. The predicted molar refractivity (Wildman–Crippen MR) is 106 cm³/mol. The molecule has 150 valence electrons. The molecule has 1 fully saturated rings. The third kappa shape index (κ3) is 4.59. The molecule has 3 aliphatic rings. The second-order valence-electron chi connectivity index (χ2n) is 6.94. The maximum atomic E-state index is 13.9. The van der Waals surface area contributed by atoms with E-state index in [4.69, 9.17) is 0 Å². The number of hydrogen-bond donors (Lipinski definition) is 2. The number of nitrogens with zero attached hydrogens (tertiary/aromatic N) is 2. The van der Waals surface area contributed by atoms with Gasteiger partial charge in [-0.2, -0.15) is 0 Å². The van der Waals surface area contributed by atoms with Crippen LogP contribution in [0.25, 0.3) is 0 Å². The number of hydrogen-bond acceptors (Lipinski definition) is 3. The van der Waals surface area contributed by atoms with E-state index >= 15 is 0 Å². The van der Waals surface area contributed by atoms with Gasteiger partial charge in [0, 0.05) is 31.4 Å². The predicted octanol–water partition coefficient (Wildman–Crippen LogP) is 3.64. The summed E-state index contributed by atoms with van der Waals surface area (Å²) in [4.78, 5) is 16.3. The molecule has 1 aliphatic carbocycles. The summed E-state index contributed by atoms with van der Waals surface area (Å²) < 4.78 is 27.4. The van der Waals surface area contributed by atoms with E-state index in [1.165, 1.54) is 25.2 Å². The van der Waals surface area contributed by atoms with E-state index in [0.717, 1.165) is 25.2 Å². The van der Waals surface area contributed by atoms with Gasteiger partial charge in [-0.25, -0.2) is 13.6 Å². The average molecular weight is 388 g/mol. The number of halogens is 2. The molecule has 1 atom stereocenters. The second kappa shape index (κ2) is 9.01. The first kappa shape index (κ1) is 20.1. The zero-order valence-electron chi connectivity index (χ0n) is 16.0. The molecular formula is C21H26F2N4O. The van der Waals surface area contributed by atoms with E-state index in [-0.39, 0.29) is 23.7 Å². The van der Waals surface area contributed by atoms with Crippen LogP contribution in [-0.4, -0.2) is 48.1 Å². The van der Waals surface area contributed by atoms with Gasteiger partial charge >= 0.3 is 6.03 Å². The van der Waals surface area contributed by atoms with Crippen LogP contribution in [0.1, 0.15) is 19.8 Å². The van der Waals surface area contributed by atoms with Crippen LogP contribution in [0.2, 0.25) is 0 Å². The van der Waals surface area contributed by atoms with Crippen molar-refractivity contribution in [3.8, 4) is 0 Å². The molecule has 0 bridgehead atoms. The van der Waals surface area contributed by atoms with Crippen LogP contribution in [0, 0.1) is 0 Å². The van der Waals surface area contributed by atoms with Gasteiger partial charge in [0.25, 0.3) is 0 Å². The lowest BCUT2D eigenvalue weighted by Crippen LogP contribution is -2.50. The van der Waals surface area contributed by atoms with Crippen LogP contribution in [0.15, 0.2) is 71.8 Å². The van der Waals surface area contributed by atoms with Crippen LogP contribution < -0.4 is 10.6 Å². The summed E-state index contributed by atoms with van der Waals surface area (Å²) >= 11 is 0. The lowest BCUT2D eigenvalue weighted by atomic mass is 10.1. The zero-order chi connectivity index (χ0) is 20.1. The number of rotatable bonds is 4. The fourth-order valence-electron chi connectivity index (χ4n) is 3.58. The SMILES string of the molecule is C=CC1=C(/C=C(\C)F)N(C2=CCC=C(F)C=C2)CCN1C(=O)N[C@@H]1CCNC1. The van der Waals surface area contributed by atoms with Crippen LogP contribution in [0.5, 0.6) is 0 Å². The number of carbonyl (C=O) groups is 1. The number of carbonyl (C=O) groups excluding carboxylic acids is 1. The summed E-state index contributed by atoms with van der Waals surface area (Å²) in [7, 11) is 0. The highest BCUT2D eigenvalue weighted by atomic mass is 19.1. The Kier molecular flexibility index (Phi) is 6.46. The van der Waals surface area contributed by atoms with E-state index in [1.807, 2.05) is 11.0 Å². The summed E-state index contributed by atoms with van der Waals surface area (Å²) in [5, 5.41) is 6.24. The van der Waals surface area contributed by atoms with E-state index in [0.29, 0.717) is 30.9 Å². The maximum absolute atomic E-state index is 13.9. The van der Waals surface area contributed by atoms with E-state index in [9.17, 15) is 13.6 Å². The van der Waals surface area contributed by atoms with Crippen molar-refractivity contribution in [2.24, 2.45) is 0 Å². The van der Waals surface area contributed by atoms with Gasteiger partial charge in [-0.3, -0.25) is 4.90 Å². The molecule has 1 saturated heterocycles.